The van der Waals surface area contributed by atoms with Crippen LogP contribution in [-0.4, -0.2) is 51.9 Å². The van der Waals surface area contributed by atoms with Gasteiger partial charge < -0.3 is 0 Å². The number of halogens is 4. The van der Waals surface area contributed by atoms with Crippen LogP contribution in [0.1, 0.15) is 13.8 Å². The molecule has 0 aromatic carbocycles. The van der Waals surface area contributed by atoms with Crippen molar-refractivity contribution >= 4 is 24.0 Å². The van der Waals surface area contributed by atoms with Crippen LogP contribution in [0.2, 0.25) is 0 Å². The normalized spacial score (nSPS) is 16.5. The minimum absolute atomic E-state index is 0. The molecule has 9 heteroatoms. The predicted octanol–water partition coefficient (Wildman–Crippen LogP) is 1.83. The average Bonchev–Trinajstić information content (AvgIpc) is 2.66. The van der Waals surface area contributed by atoms with Crippen molar-refractivity contribution in [1.82, 2.24) is 14.7 Å². The molecule has 0 saturated carbocycles. The van der Waals surface area contributed by atoms with Crippen LogP contribution in [0.15, 0.2) is 12.4 Å². The van der Waals surface area contributed by atoms with Crippen LogP contribution < -0.4 is 4.90 Å². The monoisotopic (exact) mass is 326 g/mol. The highest BCUT2D eigenvalue weighted by Crippen LogP contribution is 2.29. The Balaban J connectivity index is 0.00000220. The van der Waals surface area contributed by atoms with E-state index < -0.39 is 18.1 Å². The molecule has 5 nitrogen and oxygen atoms in total. The lowest BCUT2D eigenvalue weighted by Gasteiger charge is -2.46. The van der Waals surface area contributed by atoms with E-state index in [2.05, 4.69) is 5.10 Å². The van der Waals surface area contributed by atoms with E-state index >= 15 is 0 Å². The summed E-state index contributed by atoms with van der Waals surface area (Å²) in [6, 6.07) is -0.210. The first-order valence-electron chi connectivity index (χ1n) is 6.33. The Bertz CT molecular complexity index is 497. The van der Waals surface area contributed by atoms with Gasteiger partial charge in [0, 0.05) is 32.4 Å². The number of anilines is 1. The number of hydrogen-bond acceptors (Lipinski definition) is 3. The summed E-state index contributed by atoms with van der Waals surface area (Å²) in [5, 5.41) is 3.84. The number of amides is 1. The van der Waals surface area contributed by atoms with Gasteiger partial charge in [0.1, 0.15) is 0 Å². The summed E-state index contributed by atoms with van der Waals surface area (Å²) in [6.07, 6.45) is -2.18. The van der Waals surface area contributed by atoms with Gasteiger partial charge in [0.2, 0.25) is 0 Å². The molecular formula is C12H18ClF3N4O. The van der Waals surface area contributed by atoms with E-state index in [-0.39, 0.29) is 24.1 Å². The zero-order chi connectivity index (χ0) is 15.1. The number of aromatic nitrogens is 2. The van der Waals surface area contributed by atoms with Gasteiger partial charge >= 0.3 is 12.1 Å². The Morgan fingerprint density at radius 1 is 1.43 bits per heavy atom. The van der Waals surface area contributed by atoms with Crippen molar-refractivity contribution in [3.63, 3.8) is 0 Å². The van der Waals surface area contributed by atoms with E-state index in [0.29, 0.717) is 13.1 Å². The fourth-order valence-electron chi connectivity index (χ4n) is 2.24. The number of hydrogen-bond donors (Lipinski definition) is 0. The number of likely N-dealkylation sites (tertiary alicyclic amines) is 1. The summed E-state index contributed by atoms with van der Waals surface area (Å²) in [4.78, 5) is 14.5. The fourth-order valence-corrected chi connectivity index (χ4v) is 2.24. The summed E-state index contributed by atoms with van der Waals surface area (Å²) in [5.74, 6) is -1.83. The van der Waals surface area contributed by atoms with Gasteiger partial charge in [-0.15, -0.1) is 12.4 Å². The first kappa shape index (κ1) is 17.8. The third-order valence-electron chi connectivity index (χ3n) is 3.42. The van der Waals surface area contributed by atoms with Gasteiger partial charge in [-0.3, -0.25) is 19.3 Å². The number of rotatable bonds is 3. The Morgan fingerprint density at radius 2 is 2.00 bits per heavy atom. The van der Waals surface area contributed by atoms with E-state index in [1.165, 1.54) is 17.1 Å². The quantitative estimate of drug-likeness (QED) is 0.851. The lowest BCUT2D eigenvalue weighted by molar-refractivity contribution is -0.171. The highest BCUT2D eigenvalue weighted by molar-refractivity contribution is 5.97. The van der Waals surface area contributed by atoms with E-state index in [0.717, 1.165) is 4.90 Å². The van der Waals surface area contributed by atoms with Crippen LogP contribution in [0.25, 0.3) is 0 Å². The highest BCUT2D eigenvalue weighted by atomic mass is 35.5. The van der Waals surface area contributed by atoms with E-state index in [1.54, 1.807) is 7.05 Å². The number of alkyl halides is 3. The lowest BCUT2D eigenvalue weighted by Crippen LogP contribution is -2.64. The Labute approximate surface area is 127 Å². The topological polar surface area (TPSA) is 41.4 Å². The van der Waals surface area contributed by atoms with Crippen molar-refractivity contribution in [1.29, 1.82) is 0 Å². The molecule has 2 heterocycles. The summed E-state index contributed by atoms with van der Waals surface area (Å²) < 4.78 is 39.6. The molecular weight excluding hydrogens is 309 g/mol. The van der Waals surface area contributed by atoms with Crippen molar-refractivity contribution in [2.24, 2.45) is 7.05 Å². The Hall–Kier alpha value is -1.28. The standard InChI is InChI=1S/C12H17F3N4O.ClH/c1-8(2)18-6-10(7-18)19(11(20)12(13,14)15)9-4-16-17(3)5-9;/h4-5,8,10H,6-7H2,1-3H3;1H. The van der Waals surface area contributed by atoms with Gasteiger partial charge in [-0.2, -0.15) is 18.3 Å². The van der Waals surface area contributed by atoms with Gasteiger partial charge in [-0.05, 0) is 13.8 Å². The molecule has 1 aromatic heterocycles. The van der Waals surface area contributed by atoms with Crippen LogP contribution in [-0.2, 0) is 11.8 Å². The smallest absolute Gasteiger partial charge is 0.297 e. The molecule has 0 N–H and O–H groups in total. The molecule has 1 fully saturated rings. The van der Waals surface area contributed by atoms with Crippen LogP contribution >= 0.6 is 12.4 Å². The number of aryl methyl sites for hydroxylation is 1. The molecule has 0 atom stereocenters. The molecule has 0 spiro atoms. The van der Waals surface area contributed by atoms with Crippen LogP contribution in [0.4, 0.5) is 18.9 Å². The summed E-state index contributed by atoms with van der Waals surface area (Å²) in [7, 11) is 1.60. The molecule has 0 unspecified atom stereocenters. The molecule has 1 saturated heterocycles. The van der Waals surface area contributed by atoms with E-state index in [9.17, 15) is 18.0 Å². The second kappa shape index (κ2) is 6.23. The van der Waals surface area contributed by atoms with Gasteiger partial charge in [-0.1, -0.05) is 0 Å². The predicted molar refractivity (Wildman–Crippen MR) is 74.5 cm³/mol. The molecule has 1 aliphatic rings. The molecule has 2 rings (SSSR count). The first-order valence-corrected chi connectivity index (χ1v) is 6.33. The fraction of sp³-hybridized carbons (Fsp3) is 0.667. The SMILES string of the molecule is CC(C)N1CC(N(C(=O)C(F)(F)F)c2cnn(C)c2)C1.Cl. The maximum Gasteiger partial charge on any atom is 0.471 e. The van der Waals surface area contributed by atoms with Crippen LogP contribution in [0.5, 0.6) is 0 Å². The molecule has 0 bridgehead atoms. The average molecular weight is 327 g/mol. The summed E-state index contributed by atoms with van der Waals surface area (Å²) >= 11 is 0. The van der Waals surface area contributed by atoms with Crippen molar-refractivity contribution in [2.75, 3.05) is 18.0 Å². The second-order valence-corrected chi connectivity index (χ2v) is 5.25. The van der Waals surface area contributed by atoms with Gasteiger partial charge in [0.15, 0.2) is 0 Å². The Kier molecular flexibility index (Phi) is 5.27. The van der Waals surface area contributed by atoms with E-state index in [4.69, 9.17) is 0 Å². The molecule has 0 aliphatic carbocycles. The minimum Gasteiger partial charge on any atom is -0.297 e. The zero-order valence-electron chi connectivity index (χ0n) is 12.0. The van der Waals surface area contributed by atoms with Crippen molar-refractivity contribution < 1.29 is 18.0 Å². The zero-order valence-corrected chi connectivity index (χ0v) is 12.8. The molecule has 21 heavy (non-hydrogen) atoms. The molecule has 1 amide bonds. The van der Waals surface area contributed by atoms with Crippen LogP contribution in [0.3, 0.4) is 0 Å². The van der Waals surface area contributed by atoms with Gasteiger partial charge in [-0.25, -0.2) is 0 Å². The minimum atomic E-state index is -4.88. The molecule has 120 valence electrons. The highest BCUT2D eigenvalue weighted by Gasteiger charge is 2.48. The number of carbonyl (C=O) groups excluding carboxylic acids is 1. The summed E-state index contributed by atoms with van der Waals surface area (Å²) in [5.41, 5.74) is 0.184. The summed E-state index contributed by atoms with van der Waals surface area (Å²) in [6.45, 7) is 4.81. The molecule has 1 aliphatic heterocycles. The van der Waals surface area contributed by atoms with Crippen molar-refractivity contribution in [3.8, 4) is 0 Å². The van der Waals surface area contributed by atoms with Crippen molar-refractivity contribution in [2.45, 2.75) is 32.1 Å². The molecule has 0 radical (unpaired) electrons. The molecule has 1 aromatic rings. The van der Waals surface area contributed by atoms with Gasteiger partial charge in [0.05, 0.1) is 17.9 Å². The lowest BCUT2D eigenvalue weighted by atomic mass is 10.0. The van der Waals surface area contributed by atoms with E-state index in [1.807, 2.05) is 18.7 Å². The van der Waals surface area contributed by atoms with Gasteiger partial charge in [0.25, 0.3) is 0 Å². The second-order valence-electron chi connectivity index (χ2n) is 5.25. The number of carbonyl (C=O) groups is 1. The maximum atomic E-state index is 12.7. The largest absolute Gasteiger partial charge is 0.471 e. The first-order chi connectivity index (χ1) is 9.20. The number of nitrogens with zero attached hydrogens (tertiary/aromatic N) is 4. The van der Waals surface area contributed by atoms with Crippen molar-refractivity contribution in [3.05, 3.63) is 12.4 Å². The Morgan fingerprint density at radius 3 is 2.38 bits per heavy atom. The van der Waals surface area contributed by atoms with Crippen LogP contribution in [0, 0.1) is 0 Å². The third-order valence-corrected chi connectivity index (χ3v) is 3.42. The third kappa shape index (κ3) is 3.68. The maximum absolute atomic E-state index is 12.7.